The predicted molar refractivity (Wildman–Crippen MR) is 61.6 cm³/mol. The Kier molecular flexibility index (Phi) is 4.91. The van der Waals surface area contributed by atoms with Gasteiger partial charge in [0.25, 0.3) is 0 Å². The standard InChI is InChI=1S/C9H16N2O6S/c1-2-17-9(14)10-3-5-11(6-4-10)18(15,16)7-8(12)13/h2-7H2,1H3,(H,12,13). The maximum Gasteiger partial charge on any atom is 0.409 e. The van der Waals surface area contributed by atoms with Crippen molar-refractivity contribution in [3.05, 3.63) is 0 Å². The number of nitrogens with zero attached hydrogens (tertiary/aromatic N) is 2. The molecule has 0 atom stereocenters. The second-order valence-corrected chi connectivity index (χ2v) is 5.70. The molecular formula is C9H16N2O6S. The summed E-state index contributed by atoms with van der Waals surface area (Å²) in [6.07, 6.45) is -0.479. The summed E-state index contributed by atoms with van der Waals surface area (Å²) in [6.45, 7) is 2.54. The third-order valence-corrected chi connectivity index (χ3v) is 4.23. The number of hydrogen-bond acceptors (Lipinski definition) is 5. The molecule has 8 nitrogen and oxygen atoms in total. The van der Waals surface area contributed by atoms with Crippen LogP contribution in [0, 0.1) is 0 Å². The molecule has 1 fully saturated rings. The highest BCUT2D eigenvalue weighted by Crippen LogP contribution is 2.09. The molecule has 0 aromatic carbocycles. The largest absolute Gasteiger partial charge is 0.480 e. The van der Waals surface area contributed by atoms with Gasteiger partial charge < -0.3 is 14.7 Å². The first-order valence-electron chi connectivity index (χ1n) is 5.48. The third kappa shape index (κ3) is 3.84. The Morgan fingerprint density at radius 1 is 1.22 bits per heavy atom. The average molecular weight is 280 g/mol. The number of carboxylic acids is 1. The van der Waals surface area contributed by atoms with Gasteiger partial charge in [-0.2, -0.15) is 4.31 Å². The zero-order valence-corrected chi connectivity index (χ0v) is 10.9. The summed E-state index contributed by atoms with van der Waals surface area (Å²) in [5.74, 6) is -2.31. The van der Waals surface area contributed by atoms with Gasteiger partial charge in [0, 0.05) is 26.2 Å². The Labute approximate surface area is 105 Å². The average Bonchev–Trinajstić information content (AvgIpc) is 2.28. The quantitative estimate of drug-likeness (QED) is 0.721. The topological polar surface area (TPSA) is 104 Å². The Hall–Kier alpha value is -1.35. The molecule has 0 bridgehead atoms. The molecular weight excluding hydrogens is 264 g/mol. The van der Waals surface area contributed by atoms with Gasteiger partial charge in [-0.05, 0) is 6.92 Å². The highest BCUT2D eigenvalue weighted by Gasteiger charge is 2.30. The predicted octanol–water partition coefficient (Wildman–Crippen LogP) is -0.825. The van der Waals surface area contributed by atoms with Crippen LogP contribution in [-0.4, -0.2) is 73.3 Å². The molecule has 0 unspecified atom stereocenters. The van der Waals surface area contributed by atoms with Gasteiger partial charge in [-0.15, -0.1) is 0 Å². The van der Waals surface area contributed by atoms with E-state index in [4.69, 9.17) is 9.84 Å². The summed E-state index contributed by atoms with van der Waals surface area (Å²) in [4.78, 5) is 23.2. The molecule has 9 heteroatoms. The van der Waals surface area contributed by atoms with Crippen LogP contribution in [0.5, 0.6) is 0 Å². The van der Waals surface area contributed by atoms with Gasteiger partial charge in [-0.25, -0.2) is 13.2 Å². The number of carbonyl (C=O) groups excluding carboxylic acids is 1. The van der Waals surface area contributed by atoms with Crippen LogP contribution in [0.4, 0.5) is 4.79 Å². The smallest absolute Gasteiger partial charge is 0.409 e. The first-order chi connectivity index (χ1) is 8.36. The Balaban J connectivity index is 2.53. The van der Waals surface area contributed by atoms with Crippen molar-refractivity contribution in [3.8, 4) is 0 Å². The molecule has 1 amide bonds. The van der Waals surface area contributed by atoms with E-state index in [0.29, 0.717) is 0 Å². The van der Waals surface area contributed by atoms with Gasteiger partial charge >= 0.3 is 12.1 Å². The summed E-state index contributed by atoms with van der Waals surface area (Å²) in [7, 11) is -3.79. The van der Waals surface area contributed by atoms with Crippen molar-refractivity contribution in [2.45, 2.75) is 6.92 Å². The minimum absolute atomic E-state index is 0.0917. The van der Waals surface area contributed by atoms with E-state index in [2.05, 4.69) is 0 Å². The van der Waals surface area contributed by atoms with Gasteiger partial charge in [0.15, 0.2) is 5.75 Å². The van der Waals surface area contributed by atoms with Gasteiger partial charge in [-0.1, -0.05) is 0 Å². The van der Waals surface area contributed by atoms with E-state index in [1.807, 2.05) is 0 Å². The summed E-state index contributed by atoms with van der Waals surface area (Å²) in [5.41, 5.74) is 0. The number of carbonyl (C=O) groups is 2. The highest BCUT2D eigenvalue weighted by molar-refractivity contribution is 7.89. The monoisotopic (exact) mass is 280 g/mol. The first-order valence-corrected chi connectivity index (χ1v) is 7.09. The molecule has 0 aromatic rings. The zero-order valence-electron chi connectivity index (χ0n) is 10.0. The number of rotatable bonds is 4. The van der Waals surface area contributed by atoms with Crippen molar-refractivity contribution in [2.75, 3.05) is 38.5 Å². The zero-order chi connectivity index (χ0) is 13.8. The molecule has 0 aliphatic carbocycles. The summed E-state index contributed by atoms with van der Waals surface area (Å²) >= 11 is 0. The van der Waals surface area contributed by atoms with E-state index in [-0.39, 0.29) is 32.8 Å². The Bertz CT molecular complexity index is 413. The van der Waals surface area contributed by atoms with E-state index in [1.165, 1.54) is 4.90 Å². The maximum atomic E-state index is 11.6. The summed E-state index contributed by atoms with van der Waals surface area (Å²) < 4.78 is 29.1. The van der Waals surface area contributed by atoms with Crippen LogP contribution in [0.15, 0.2) is 0 Å². The van der Waals surface area contributed by atoms with E-state index < -0.39 is 27.8 Å². The van der Waals surface area contributed by atoms with Crippen LogP contribution in [0.1, 0.15) is 6.92 Å². The Morgan fingerprint density at radius 3 is 2.22 bits per heavy atom. The van der Waals surface area contributed by atoms with E-state index in [9.17, 15) is 18.0 Å². The molecule has 0 aromatic heterocycles. The van der Waals surface area contributed by atoms with Crippen LogP contribution in [0.3, 0.4) is 0 Å². The molecule has 0 radical (unpaired) electrons. The number of amides is 1. The number of ether oxygens (including phenoxy) is 1. The second kappa shape index (κ2) is 6.01. The molecule has 1 N–H and O–H groups in total. The van der Waals surface area contributed by atoms with Crippen LogP contribution < -0.4 is 0 Å². The lowest BCUT2D eigenvalue weighted by atomic mass is 10.4. The van der Waals surface area contributed by atoms with Crippen molar-refractivity contribution >= 4 is 22.1 Å². The van der Waals surface area contributed by atoms with E-state index in [0.717, 1.165) is 4.31 Å². The van der Waals surface area contributed by atoms with Crippen molar-refractivity contribution in [1.82, 2.24) is 9.21 Å². The van der Waals surface area contributed by atoms with Gasteiger partial charge in [0.2, 0.25) is 10.0 Å². The molecule has 18 heavy (non-hydrogen) atoms. The Morgan fingerprint density at radius 2 is 1.78 bits per heavy atom. The molecule has 104 valence electrons. The lowest BCUT2D eigenvalue weighted by Gasteiger charge is -2.32. The molecule has 1 aliphatic rings. The molecule has 0 spiro atoms. The van der Waals surface area contributed by atoms with Gasteiger partial charge in [0.1, 0.15) is 0 Å². The highest BCUT2D eigenvalue weighted by atomic mass is 32.2. The molecule has 1 heterocycles. The molecule has 0 saturated carbocycles. The van der Waals surface area contributed by atoms with Crippen molar-refractivity contribution in [3.63, 3.8) is 0 Å². The summed E-state index contributed by atoms with van der Waals surface area (Å²) in [6, 6.07) is 0. The number of hydrogen-bond donors (Lipinski definition) is 1. The fraction of sp³-hybridized carbons (Fsp3) is 0.778. The fourth-order valence-corrected chi connectivity index (χ4v) is 2.83. The van der Waals surface area contributed by atoms with Gasteiger partial charge in [0.05, 0.1) is 6.61 Å². The van der Waals surface area contributed by atoms with Crippen molar-refractivity contribution in [2.24, 2.45) is 0 Å². The fourth-order valence-electron chi connectivity index (χ4n) is 1.61. The second-order valence-electron chi connectivity index (χ2n) is 3.73. The van der Waals surface area contributed by atoms with Crippen molar-refractivity contribution < 1.29 is 27.9 Å². The number of aliphatic carboxylic acids is 1. The van der Waals surface area contributed by atoms with Crippen LogP contribution in [-0.2, 0) is 19.6 Å². The third-order valence-electron chi connectivity index (χ3n) is 2.46. The molecule has 1 rings (SSSR count). The minimum Gasteiger partial charge on any atom is -0.480 e. The minimum atomic E-state index is -3.79. The van der Waals surface area contributed by atoms with Gasteiger partial charge in [-0.3, -0.25) is 4.79 Å². The van der Waals surface area contributed by atoms with Crippen LogP contribution in [0.2, 0.25) is 0 Å². The molecule has 1 aliphatic heterocycles. The number of sulfonamides is 1. The number of piperazine rings is 1. The molecule has 1 saturated heterocycles. The lowest BCUT2D eigenvalue weighted by Crippen LogP contribution is -2.51. The van der Waals surface area contributed by atoms with Crippen LogP contribution in [0.25, 0.3) is 0 Å². The number of carboxylic acid groups (broad SMARTS) is 1. The SMILES string of the molecule is CCOC(=O)N1CCN(S(=O)(=O)CC(=O)O)CC1. The van der Waals surface area contributed by atoms with E-state index >= 15 is 0 Å². The maximum absolute atomic E-state index is 11.6. The normalized spacial score (nSPS) is 17.5. The van der Waals surface area contributed by atoms with Crippen molar-refractivity contribution in [1.29, 1.82) is 0 Å². The first kappa shape index (κ1) is 14.7. The van der Waals surface area contributed by atoms with Crippen LogP contribution >= 0.6 is 0 Å². The van der Waals surface area contributed by atoms with E-state index in [1.54, 1.807) is 6.92 Å². The lowest BCUT2D eigenvalue weighted by molar-refractivity contribution is -0.134. The summed E-state index contributed by atoms with van der Waals surface area (Å²) in [5, 5.41) is 8.50.